The molecule has 0 aliphatic heterocycles. The highest BCUT2D eigenvalue weighted by Crippen LogP contribution is 2.16. The van der Waals surface area contributed by atoms with E-state index >= 15 is 0 Å². The fourth-order valence-corrected chi connectivity index (χ4v) is 1.65. The summed E-state index contributed by atoms with van der Waals surface area (Å²) in [7, 11) is 0. The molecule has 1 atom stereocenters. The predicted octanol–water partition coefficient (Wildman–Crippen LogP) is 1.27. The molecule has 1 heterocycles. The molecule has 0 aliphatic carbocycles. The summed E-state index contributed by atoms with van der Waals surface area (Å²) in [6.45, 7) is 2.70. The number of nitrogens with zero attached hydrogens (tertiary/aromatic N) is 1. The van der Waals surface area contributed by atoms with E-state index in [2.05, 4.69) is 10.3 Å². The number of hydrogen-bond acceptors (Lipinski definition) is 4. The Kier molecular flexibility index (Phi) is 3.85. The number of thiazole rings is 1. The summed E-state index contributed by atoms with van der Waals surface area (Å²) in [5, 5.41) is 11.8. The van der Waals surface area contributed by atoms with E-state index in [1.54, 1.807) is 11.7 Å². The fourth-order valence-electron chi connectivity index (χ4n) is 0.966. The van der Waals surface area contributed by atoms with Crippen LogP contribution in [-0.2, 0) is 4.79 Å². The Morgan fingerprint density at radius 2 is 2.62 bits per heavy atom. The van der Waals surface area contributed by atoms with Gasteiger partial charge in [-0.1, -0.05) is 6.92 Å². The lowest BCUT2D eigenvalue weighted by molar-refractivity contribution is -0.139. The van der Waals surface area contributed by atoms with Crippen LogP contribution in [0, 0.1) is 0 Å². The van der Waals surface area contributed by atoms with Gasteiger partial charge in [0.2, 0.25) is 0 Å². The van der Waals surface area contributed by atoms with Crippen molar-refractivity contribution >= 4 is 17.3 Å². The maximum atomic E-state index is 10.8. The third-order valence-corrected chi connectivity index (χ3v) is 2.42. The van der Waals surface area contributed by atoms with Crippen molar-refractivity contribution < 1.29 is 9.90 Å². The van der Waals surface area contributed by atoms with E-state index in [0.29, 0.717) is 6.54 Å². The highest BCUT2D eigenvalue weighted by molar-refractivity contribution is 7.09. The molecule has 72 valence electrons. The lowest BCUT2D eigenvalue weighted by Gasteiger charge is -2.10. The van der Waals surface area contributed by atoms with Crippen LogP contribution >= 0.6 is 11.3 Å². The maximum absolute atomic E-state index is 10.8. The lowest BCUT2D eigenvalue weighted by Crippen LogP contribution is -2.28. The quantitative estimate of drug-likeness (QED) is 0.751. The van der Waals surface area contributed by atoms with Gasteiger partial charge in [0.05, 0.1) is 10.4 Å². The Labute approximate surface area is 80.6 Å². The fraction of sp³-hybridized carbons (Fsp3) is 0.500. The molecule has 1 aromatic heterocycles. The summed E-state index contributed by atoms with van der Waals surface area (Å²) >= 11 is 1.36. The minimum Gasteiger partial charge on any atom is -0.480 e. The van der Waals surface area contributed by atoms with Crippen LogP contribution < -0.4 is 5.32 Å². The number of aromatic nitrogens is 1. The van der Waals surface area contributed by atoms with E-state index in [1.165, 1.54) is 11.3 Å². The van der Waals surface area contributed by atoms with Gasteiger partial charge in [-0.2, -0.15) is 0 Å². The number of nitrogens with one attached hydrogen (secondary N) is 1. The van der Waals surface area contributed by atoms with Crippen LogP contribution in [-0.4, -0.2) is 22.6 Å². The van der Waals surface area contributed by atoms with Gasteiger partial charge in [-0.15, -0.1) is 11.3 Å². The second-order valence-electron chi connectivity index (χ2n) is 2.63. The zero-order valence-corrected chi connectivity index (χ0v) is 8.17. The molecule has 2 N–H and O–H groups in total. The van der Waals surface area contributed by atoms with E-state index < -0.39 is 12.0 Å². The summed E-state index contributed by atoms with van der Waals surface area (Å²) in [4.78, 5) is 15.4. The third-order valence-electron chi connectivity index (χ3n) is 1.58. The molecule has 1 rings (SSSR count). The SMILES string of the molecule is CCCNC(C(=O)O)c1cncs1. The van der Waals surface area contributed by atoms with Crippen LogP contribution in [0.4, 0.5) is 0 Å². The molecule has 0 spiro atoms. The number of aliphatic carboxylic acids is 1. The Bertz CT molecular complexity index is 261. The summed E-state index contributed by atoms with van der Waals surface area (Å²) < 4.78 is 0. The van der Waals surface area contributed by atoms with Crippen molar-refractivity contribution in [3.63, 3.8) is 0 Å². The average Bonchev–Trinajstić information content (AvgIpc) is 2.57. The number of carboxylic acid groups (broad SMARTS) is 1. The van der Waals surface area contributed by atoms with Crippen LogP contribution in [0.2, 0.25) is 0 Å². The second-order valence-corrected chi connectivity index (χ2v) is 3.55. The topological polar surface area (TPSA) is 62.2 Å². The first-order valence-corrected chi connectivity index (χ1v) is 4.98. The molecule has 0 bridgehead atoms. The van der Waals surface area contributed by atoms with Gasteiger partial charge in [0.15, 0.2) is 0 Å². The molecule has 4 nitrogen and oxygen atoms in total. The highest BCUT2D eigenvalue weighted by atomic mass is 32.1. The van der Waals surface area contributed by atoms with E-state index in [-0.39, 0.29) is 0 Å². The Morgan fingerprint density at radius 1 is 1.85 bits per heavy atom. The van der Waals surface area contributed by atoms with Gasteiger partial charge in [0, 0.05) is 6.20 Å². The van der Waals surface area contributed by atoms with Crippen molar-refractivity contribution in [1.29, 1.82) is 0 Å². The van der Waals surface area contributed by atoms with Gasteiger partial charge in [-0.3, -0.25) is 15.1 Å². The van der Waals surface area contributed by atoms with Gasteiger partial charge in [0.25, 0.3) is 0 Å². The average molecular weight is 200 g/mol. The minimum atomic E-state index is -0.849. The maximum Gasteiger partial charge on any atom is 0.326 e. The van der Waals surface area contributed by atoms with E-state index in [4.69, 9.17) is 5.11 Å². The smallest absolute Gasteiger partial charge is 0.326 e. The first-order valence-electron chi connectivity index (χ1n) is 4.10. The summed E-state index contributed by atoms with van der Waals surface area (Å²) in [5.74, 6) is -0.849. The molecule has 0 saturated heterocycles. The van der Waals surface area contributed by atoms with Crippen LogP contribution in [0.25, 0.3) is 0 Å². The van der Waals surface area contributed by atoms with Gasteiger partial charge in [-0.25, -0.2) is 0 Å². The minimum absolute atomic E-state index is 0.604. The first kappa shape index (κ1) is 10.1. The molecule has 13 heavy (non-hydrogen) atoms. The molecule has 0 fully saturated rings. The van der Waals surface area contributed by atoms with Crippen molar-refractivity contribution in [3.8, 4) is 0 Å². The lowest BCUT2D eigenvalue weighted by atomic mass is 10.2. The monoisotopic (exact) mass is 200 g/mol. The molecule has 0 radical (unpaired) electrons. The van der Waals surface area contributed by atoms with Gasteiger partial charge >= 0.3 is 5.97 Å². The Balaban J connectivity index is 2.63. The first-order chi connectivity index (χ1) is 6.25. The molecular formula is C8H12N2O2S. The predicted molar refractivity (Wildman–Crippen MR) is 50.8 cm³/mol. The molecular weight excluding hydrogens is 188 g/mol. The normalized spacial score (nSPS) is 12.7. The molecule has 0 saturated carbocycles. The number of hydrogen-bond donors (Lipinski definition) is 2. The standard InChI is InChI=1S/C8H12N2O2S/c1-2-3-10-7(8(11)12)6-4-9-5-13-6/h4-5,7,10H,2-3H2,1H3,(H,11,12). The summed E-state index contributed by atoms with van der Waals surface area (Å²) in [6, 6.07) is -0.604. The van der Waals surface area contributed by atoms with Gasteiger partial charge in [-0.05, 0) is 13.0 Å². The van der Waals surface area contributed by atoms with Crippen molar-refractivity contribution in [2.24, 2.45) is 0 Å². The summed E-state index contributed by atoms with van der Waals surface area (Å²) in [5.41, 5.74) is 1.64. The van der Waals surface area contributed by atoms with Gasteiger partial charge in [0.1, 0.15) is 6.04 Å². The van der Waals surface area contributed by atoms with E-state index in [0.717, 1.165) is 11.3 Å². The van der Waals surface area contributed by atoms with E-state index in [1.807, 2.05) is 6.92 Å². The highest BCUT2D eigenvalue weighted by Gasteiger charge is 2.19. The second kappa shape index (κ2) is 4.94. The molecule has 1 aromatic rings. The number of carbonyl (C=O) groups is 1. The molecule has 0 amide bonds. The zero-order chi connectivity index (χ0) is 9.68. The van der Waals surface area contributed by atoms with Crippen LogP contribution in [0.15, 0.2) is 11.7 Å². The molecule has 0 aromatic carbocycles. The molecule has 5 heteroatoms. The molecule has 1 unspecified atom stereocenters. The Hall–Kier alpha value is -0.940. The van der Waals surface area contributed by atoms with Crippen LogP contribution in [0.5, 0.6) is 0 Å². The Morgan fingerprint density at radius 3 is 3.08 bits per heavy atom. The zero-order valence-electron chi connectivity index (χ0n) is 7.36. The van der Waals surface area contributed by atoms with Crippen molar-refractivity contribution in [3.05, 3.63) is 16.6 Å². The van der Waals surface area contributed by atoms with Crippen molar-refractivity contribution in [1.82, 2.24) is 10.3 Å². The van der Waals surface area contributed by atoms with Crippen LogP contribution in [0.3, 0.4) is 0 Å². The van der Waals surface area contributed by atoms with Crippen molar-refractivity contribution in [2.45, 2.75) is 19.4 Å². The summed E-state index contributed by atoms with van der Waals surface area (Å²) in [6.07, 6.45) is 2.51. The third kappa shape index (κ3) is 2.78. The number of carboxylic acids is 1. The van der Waals surface area contributed by atoms with E-state index in [9.17, 15) is 4.79 Å². The largest absolute Gasteiger partial charge is 0.480 e. The van der Waals surface area contributed by atoms with Crippen molar-refractivity contribution in [2.75, 3.05) is 6.54 Å². The number of rotatable bonds is 5. The van der Waals surface area contributed by atoms with Gasteiger partial charge < -0.3 is 5.11 Å². The molecule has 0 aliphatic rings. The van der Waals surface area contributed by atoms with Crippen LogP contribution in [0.1, 0.15) is 24.3 Å².